The lowest BCUT2D eigenvalue weighted by atomic mass is 10.1. The summed E-state index contributed by atoms with van der Waals surface area (Å²) in [7, 11) is 1.54. The standard InChI is InChI=1S/C12H17N3O2/c1-3-10(12(17)14-2)15-11(16)8-4-6-9(13)7-5-8/h4-7,10H,3,13H2,1-2H3,(H,14,17)(H,15,16). The van der Waals surface area contributed by atoms with E-state index in [9.17, 15) is 9.59 Å². The number of amides is 2. The van der Waals surface area contributed by atoms with Crippen LogP contribution < -0.4 is 16.4 Å². The summed E-state index contributed by atoms with van der Waals surface area (Å²) in [6.45, 7) is 1.84. The molecule has 1 aromatic rings. The molecule has 4 N–H and O–H groups in total. The van der Waals surface area contributed by atoms with E-state index in [1.165, 1.54) is 0 Å². The van der Waals surface area contributed by atoms with Gasteiger partial charge in [0.05, 0.1) is 0 Å². The van der Waals surface area contributed by atoms with E-state index in [-0.39, 0.29) is 11.8 Å². The highest BCUT2D eigenvalue weighted by Gasteiger charge is 2.17. The molecule has 0 saturated heterocycles. The number of hydrogen-bond donors (Lipinski definition) is 3. The lowest BCUT2D eigenvalue weighted by Gasteiger charge is -2.15. The number of hydrogen-bond acceptors (Lipinski definition) is 3. The summed E-state index contributed by atoms with van der Waals surface area (Å²) in [6, 6.07) is 6.04. The van der Waals surface area contributed by atoms with Crippen molar-refractivity contribution < 1.29 is 9.59 Å². The van der Waals surface area contributed by atoms with Crippen molar-refractivity contribution in [1.29, 1.82) is 0 Å². The van der Waals surface area contributed by atoms with Gasteiger partial charge in [-0.2, -0.15) is 0 Å². The second-order valence-electron chi connectivity index (χ2n) is 3.67. The quantitative estimate of drug-likeness (QED) is 0.665. The third kappa shape index (κ3) is 3.48. The normalized spacial score (nSPS) is 11.6. The maximum atomic E-state index is 11.8. The van der Waals surface area contributed by atoms with E-state index in [4.69, 9.17) is 5.73 Å². The van der Waals surface area contributed by atoms with Gasteiger partial charge in [-0.15, -0.1) is 0 Å². The van der Waals surface area contributed by atoms with Crippen LogP contribution in [0.4, 0.5) is 5.69 Å². The van der Waals surface area contributed by atoms with Crippen LogP contribution >= 0.6 is 0 Å². The first-order chi connectivity index (χ1) is 8.08. The summed E-state index contributed by atoms with van der Waals surface area (Å²) in [5, 5.41) is 5.17. The number of carbonyl (C=O) groups excluding carboxylic acids is 2. The third-order valence-electron chi connectivity index (χ3n) is 2.45. The Morgan fingerprint density at radius 3 is 2.35 bits per heavy atom. The Morgan fingerprint density at radius 1 is 1.29 bits per heavy atom. The lowest BCUT2D eigenvalue weighted by Crippen LogP contribution is -2.45. The molecule has 0 radical (unpaired) electrons. The van der Waals surface area contributed by atoms with Crippen molar-refractivity contribution in [2.24, 2.45) is 0 Å². The number of benzene rings is 1. The Morgan fingerprint density at radius 2 is 1.88 bits per heavy atom. The van der Waals surface area contributed by atoms with Crippen LogP contribution in [-0.2, 0) is 4.79 Å². The predicted octanol–water partition coefficient (Wildman–Crippen LogP) is 0.523. The van der Waals surface area contributed by atoms with E-state index in [1.54, 1.807) is 31.3 Å². The molecule has 0 saturated carbocycles. The van der Waals surface area contributed by atoms with E-state index in [1.807, 2.05) is 6.92 Å². The Hall–Kier alpha value is -2.04. The largest absolute Gasteiger partial charge is 0.399 e. The minimum atomic E-state index is -0.509. The highest BCUT2D eigenvalue weighted by atomic mass is 16.2. The summed E-state index contributed by atoms with van der Waals surface area (Å²) in [5.74, 6) is -0.475. The first-order valence-corrected chi connectivity index (χ1v) is 5.46. The van der Waals surface area contributed by atoms with Gasteiger partial charge in [0.1, 0.15) is 6.04 Å². The van der Waals surface area contributed by atoms with Crippen LogP contribution in [-0.4, -0.2) is 24.9 Å². The second-order valence-corrected chi connectivity index (χ2v) is 3.67. The van der Waals surface area contributed by atoms with Crippen molar-refractivity contribution >= 4 is 17.5 Å². The molecule has 0 bridgehead atoms. The second kappa shape index (κ2) is 5.89. The molecule has 1 aromatic carbocycles. The van der Waals surface area contributed by atoms with Gasteiger partial charge >= 0.3 is 0 Å². The minimum absolute atomic E-state index is 0.198. The Labute approximate surface area is 100 Å². The zero-order valence-corrected chi connectivity index (χ0v) is 9.99. The average molecular weight is 235 g/mol. The third-order valence-corrected chi connectivity index (χ3v) is 2.45. The van der Waals surface area contributed by atoms with Gasteiger partial charge in [0.15, 0.2) is 0 Å². The van der Waals surface area contributed by atoms with Gasteiger partial charge in [0.25, 0.3) is 5.91 Å². The fourth-order valence-electron chi connectivity index (χ4n) is 1.40. The topological polar surface area (TPSA) is 84.2 Å². The molecule has 5 nitrogen and oxygen atoms in total. The fraction of sp³-hybridized carbons (Fsp3) is 0.333. The predicted molar refractivity (Wildman–Crippen MR) is 66.5 cm³/mol. The van der Waals surface area contributed by atoms with E-state index < -0.39 is 6.04 Å². The zero-order valence-electron chi connectivity index (χ0n) is 9.99. The van der Waals surface area contributed by atoms with E-state index in [0.717, 1.165) is 0 Å². The Bertz CT molecular complexity index is 401. The van der Waals surface area contributed by atoms with Crippen LogP contribution in [0.5, 0.6) is 0 Å². The molecule has 92 valence electrons. The highest BCUT2D eigenvalue weighted by molar-refractivity contribution is 5.97. The molecule has 1 atom stereocenters. The summed E-state index contributed by atoms with van der Waals surface area (Å²) in [4.78, 5) is 23.2. The van der Waals surface area contributed by atoms with E-state index in [2.05, 4.69) is 10.6 Å². The van der Waals surface area contributed by atoms with Gasteiger partial charge in [0, 0.05) is 18.3 Å². The van der Waals surface area contributed by atoms with Crippen LogP contribution in [0.1, 0.15) is 23.7 Å². The molecule has 0 aromatic heterocycles. The van der Waals surface area contributed by atoms with Crippen LogP contribution in [0.15, 0.2) is 24.3 Å². The highest BCUT2D eigenvalue weighted by Crippen LogP contribution is 2.06. The summed E-state index contributed by atoms with van der Waals surface area (Å²) < 4.78 is 0. The minimum Gasteiger partial charge on any atom is -0.399 e. The molecule has 0 heterocycles. The van der Waals surface area contributed by atoms with Gasteiger partial charge < -0.3 is 16.4 Å². The molecular formula is C12H17N3O2. The van der Waals surface area contributed by atoms with Crippen LogP contribution in [0, 0.1) is 0 Å². The molecule has 0 aliphatic rings. The summed E-state index contributed by atoms with van der Waals surface area (Å²) >= 11 is 0. The van der Waals surface area contributed by atoms with Crippen molar-refractivity contribution in [3.63, 3.8) is 0 Å². The van der Waals surface area contributed by atoms with Gasteiger partial charge in [-0.25, -0.2) is 0 Å². The van der Waals surface area contributed by atoms with Gasteiger partial charge in [-0.3, -0.25) is 9.59 Å². The van der Waals surface area contributed by atoms with E-state index >= 15 is 0 Å². The number of nitrogens with one attached hydrogen (secondary N) is 2. The number of rotatable bonds is 4. The zero-order chi connectivity index (χ0) is 12.8. The van der Waals surface area contributed by atoms with Crippen molar-refractivity contribution in [2.45, 2.75) is 19.4 Å². The monoisotopic (exact) mass is 235 g/mol. The lowest BCUT2D eigenvalue weighted by molar-refractivity contribution is -0.122. The maximum Gasteiger partial charge on any atom is 0.251 e. The number of nitrogens with two attached hydrogens (primary N) is 1. The molecule has 0 spiro atoms. The van der Waals surface area contributed by atoms with Gasteiger partial charge in [0.2, 0.25) is 5.91 Å². The van der Waals surface area contributed by atoms with Gasteiger partial charge in [-0.05, 0) is 30.7 Å². The molecule has 0 aliphatic carbocycles. The van der Waals surface area contributed by atoms with E-state index in [0.29, 0.717) is 17.7 Å². The van der Waals surface area contributed by atoms with Crippen molar-refractivity contribution in [3.8, 4) is 0 Å². The molecule has 17 heavy (non-hydrogen) atoms. The van der Waals surface area contributed by atoms with Crippen molar-refractivity contribution in [2.75, 3.05) is 12.8 Å². The summed E-state index contributed by atoms with van der Waals surface area (Å²) in [6.07, 6.45) is 0.542. The Balaban J connectivity index is 2.71. The SMILES string of the molecule is CCC(NC(=O)c1ccc(N)cc1)C(=O)NC. The van der Waals surface area contributed by atoms with Crippen LogP contribution in [0.25, 0.3) is 0 Å². The molecule has 0 aliphatic heterocycles. The Kier molecular flexibility index (Phi) is 4.51. The number of anilines is 1. The first kappa shape index (κ1) is 13.0. The number of nitrogen functional groups attached to an aromatic ring is 1. The molecule has 1 rings (SSSR count). The van der Waals surface area contributed by atoms with Gasteiger partial charge in [-0.1, -0.05) is 6.92 Å². The molecule has 0 fully saturated rings. The molecular weight excluding hydrogens is 218 g/mol. The maximum absolute atomic E-state index is 11.8. The van der Waals surface area contributed by atoms with Crippen LogP contribution in [0.3, 0.4) is 0 Å². The van der Waals surface area contributed by atoms with Crippen molar-refractivity contribution in [1.82, 2.24) is 10.6 Å². The summed E-state index contributed by atoms with van der Waals surface area (Å²) in [5.41, 5.74) is 6.61. The molecule has 2 amide bonds. The smallest absolute Gasteiger partial charge is 0.251 e. The number of likely N-dealkylation sites (N-methyl/N-ethyl adjacent to an activating group) is 1. The average Bonchev–Trinajstić information content (AvgIpc) is 2.35. The van der Waals surface area contributed by atoms with Crippen molar-refractivity contribution in [3.05, 3.63) is 29.8 Å². The first-order valence-electron chi connectivity index (χ1n) is 5.46. The fourth-order valence-corrected chi connectivity index (χ4v) is 1.40. The molecule has 1 unspecified atom stereocenters. The number of carbonyl (C=O) groups is 2. The molecule has 5 heteroatoms. The van der Waals surface area contributed by atoms with Crippen LogP contribution in [0.2, 0.25) is 0 Å².